The largest absolute Gasteiger partial charge is 0.351 e. The Hall–Kier alpha value is -2.44. The van der Waals surface area contributed by atoms with Gasteiger partial charge in [-0.15, -0.1) is 12.4 Å². The molecule has 0 heterocycles. The van der Waals surface area contributed by atoms with Crippen LogP contribution >= 0.6 is 12.4 Å². The molecule has 0 unspecified atom stereocenters. The molecule has 1 aliphatic carbocycles. The Bertz CT molecular complexity index is 762. The van der Waals surface area contributed by atoms with Crippen molar-refractivity contribution in [3.8, 4) is 0 Å². The van der Waals surface area contributed by atoms with Gasteiger partial charge in [0, 0.05) is 17.8 Å². The summed E-state index contributed by atoms with van der Waals surface area (Å²) in [7, 11) is 0. The SMILES string of the molecule is Cl.O=C(CNCC1CC1)NCc1ccc(NC(=O)c2ccc(F)cc2)cc1. The molecule has 0 spiro atoms. The van der Waals surface area contributed by atoms with Gasteiger partial charge in [-0.05, 0) is 67.3 Å². The van der Waals surface area contributed by atoms with Gasteiger partial charge in [-0.1, -0.05) is 12.1 Å². The minimum Gasteiger partial charge on any atom is -0.351 e. The lowest BCUT2D eigenvalue weighted by Crippen LogP contribution is -2.34. The number of rotatable bonds is 8. The van der Waals surface area contributed by atoms with E-state index in [0.29, 0.717) is 24.3 Å². The zero-order chi connectivity index (χ0) is 18.4. The third-order valence-corrected chi connectivity index (χ3v) is 4.22. The van der Waals surface area contributed by atoms with Crippen molar-refractivity contribution >= 4 is 29.9 Å². The first-order valence-electron chi connectivity index (χ1n) is 8.73. The fourth-order valence-corrected chi connectivity index (χ4v) is 2.49. The predicted octanol–water partition coefficient (Wildman–Crippen LogP) is 3.12. The number of carbonyl (C=O) groups excluding carboxylic acids is 2. The zero-order valence-electron chi connectivity index (χ0n) is 14.8. The van der Waals surface area contributed by atoms with Crippen molar-refractivity contribution < 1.29 is 14.0 Å². The maximum atomic E-state index is 12.9. The van der Waals surface area contributed by atoms with Gasteiger partial charge in [0.2, 0.25) is 5.91 Å². The van der Waals surface area contributed by atoms with E-state index in [1.165, 1.54) is 37.1 Å². The molecular weight excluding hydrogens is 369 g/mol. The summed E-state index contributed by atoms with van der Waals surface area (Å²) in [6.45, 7) is 1.69. The van der Waals surface area contributed by atoms with Crippen molar-refractivity contribution in [2.75, 3.05) is 18.4 Å². The molecule has 0 saturated heterocycles. The third-order valence-electron chi connectivity index (χ3n) is 4.22. The molecule has 27 heavy (non-hydrogen) atoms. The van der Waals surface area contributed by atoms with Gasteiger partial charge in [0.05, 0.1) is 6.54 Å². The van der Waals surface area contributed by atoms with Gasteiger partial charge in [-0.25, -0.2) is 4.39 Å². The fourth-order valence-electron chi connectivity index (χ4n) is 2.49. The van der Waals surface area contributed by atoms with Crippen LogP contribution in [0.1, 0.15) is 28.8 Å². The van der Waals surface area contributed by atoms with Crippen LogP contribution in [-0.2, 0) is 11.3 Å². The predicted molar refractivity (Wildman–Crippen MR) is 105 cm³/mol. The van der Waals surface area contributed by atoms with Crippen LogP contribution in [0.5, 0.6) is 0 Å². The summed E-state index contributed by atoms with van der Waals surface area (Å²) < 4.78 is 12.9. The van der Waals surface area contributed by atoms with Crippen molar-refractivity contribution in [3.05, 3.63) is 65.5 Å². The Morgan fingerprint density at radius 2 is 1.67 bits per heavy atom. The van der Waals surface area contributed by atoms with Gasteiger partial charge >= 0.3 is 0 Å². The van der Waals surface area contributed by atoms with E-state index in [-0.39, 0.29) is 30.0 Å². The molecule has 0 aromatic heterocycles. The summed E-state index contributed by atoms with van der Waals surface area (Å²) >= 11 is 0. The number of benzene rings is 2. The smallest absolute Gasteiger partial charge is 0.255 e. The molecule has 2 amide bonds. The summed E-state index contributed by atoms with van der Waals surface area (Å²) in [6, 6.07) is 12.6. The van der Waals surface area contributed by atoms with Crippen LogP contribution in [0, 0.1) is 11.7 Å². The highest BCUT2D eigenvalue weighted by Crippen LogP contribution is 2.27. The van der Waals surface area contributed by atoms with Gasteiger partial charge < -0.3 is 16.0 Å². The van der Waals surface area contributed by atoms with Crippen LogP contribution in [0.15, 0.2) is 48.5 Å². The number of anilines is 1. The Morgan fingerprint density at radius 3 is 2.30 bits per heavy atom. The van der Waals surface area contributed by atoms with Gasteiger partial charge in [0.15, 0.2) is 0 Å². The summed E-state index contributed by atoms with van der Waals surface area (Å²) in [5.41, 5.74) is 1.97. The summed E-state index contributed by atoms with van der Waals surface area (Å²) in [4.78, 5) is 23.8. The molecule has 1 fully saturated rings. The monoisotopic (exact) mass is 391 g/mol. The molecule has 7 heteroatoms. The Labute approximate surface area is 164 Å². The molecule has 5 nitrogen and oxygen atoms in total. The second kappa shape index (κ2) is 10.0. The van der Waals surface area contributed by atoms with Crippen LogP contribution in [0.4, 0.5) is 10.1 Å². The summed E-state index contributed by atoms with van der Waals surface area (Å²) in [5.74, 6) is 0.0447. The molecule has 1 saturated carbocycles. The highest BCUT2D eigenvalue weighted by atomic mass is 35.5. The summed E-state index contributed by atoms with van der Waals surface area (Å²) in [5, 5.41) is 8.77. The first-order chi connectivity index (χ1) is 12.6. The number of hydrogen-bond acceptors (Lipinski definition) is 3. The molecule has 0 bridgehead atoms. The minimum absolute atomic E-state index is 0. The summed E-state index contributed by atoms with van der Waals surface area (Å²) in [6.07, 6.45) is 2.53. The van der Waals surface area contributed by atoms with Crippen molar-refractivity contribution in [2.45, 2.75) is 19.4 Å². The number of carbonyl (C=O) groups is 2. The van der Waals surface area contributed by atoms with Crippen LogP contribution < -0.4 is 16.0 Å². The third kappa shape index (κ3) is 7.00. The molecule has 2 aromatic carbocycles. The quantitative estimate of drug-likeness (QED) is 0.647. The van der Waals surface area contributed by atoms with Crippen molar-refractivity contribution in [3.63, 3.8) is 0 Å². The highest BCUT2D eigenvalue weighted by molar-refractivity contribution is 6.04. The van der Waals surface area contributed by atoms with Gasteiger partial charge in [0.25, 0.3) is 5.91 Å². The number of nitrogens with one attached hydrogen (secondary N) is 3. The first-order valence-corrected chi connectivity index (χ1v) is 8.73. The standard InChI is InChI=1S/C20H22FN3O2.ClH/c21-17-7-5-16(6-8-17)20(26)24-18-9-3-15(4-10-18)12-23-19(25)13-22-11-14-1-2-14;/h3-10,14,22H,1-2,11-13H2,(H,23,25)(H,24,26);1H. The number of halogens is 2. The Kier molecular flexibility index (Phi) is 7.76. The van der Waals surface area contributed by atoms with Crippen molar-refractivity contribution in [1.29, 1.82) is 0 Å². The molecule has 0 aliphatic heterocycles. The van der Waals surface area contributed by atoms with E-state index < -0.39 is 0 Å². The highest BCUT2D eigenvalue weighted by Gasteiger charge is 2.20. The van der Waals surface area contributed by atoms with Crippen LogP contribution in [0.25, 0.3) is 0 Å². The van der Waals surface area contributed by atoms with E-state index in [9.17, 15) is 14.0 Å². The van der Waals surface area contributed by atoms with Crippen molar-refractivity contribution in [1.82, 2.24) is 10.6 Å². The van der Waals surface area contributed by atoms with E-state index in [4.69, 9.17) is 0 Å². The lowest BCUT2D eigenvalue weighted by atomic mass is 10.1. The second-order valence-corrected chi connectivity index (χ2v) is 6.51. The fraction of sp³-hybridized carbons (Fsp3) is 0.300. The number of amides is 2. The lowest BCUT2D eigenvalue weighted by Gasteiger charge is -2.08. The van der Waals surface area contributed by atoms with Gasteiger partial charge in [-0.3, -0.25) is 9.59 Å². The van der Waals surface area contributed by atoms with E-state index >= 15 is 0 Å². The topological polar surface area (TPSA) is 70.2 Å². The van der Waals surface area contributed by atoms with E-state index in [2.05, 4.69) is 16.0 Å². The molecule has 0 radical (unpaired) electrons. The van der Waals surface area contributed by atoms with Crippen LogP contribution in [0.2, 0.25) is 0 Å². The van der Waals surface area contributed by atoms with Crippen LogP contribution in [-0.4, -0.2) is 24.9 Å². The van der Waals surface area contributed by atoms with E-state index in [1.807, 2.05) is 12.1 Å². The second-order valence-electron chi connectivity index (χ2n) is 6.51. The molecular formula is C20H23ClFN3O2. The molecule has 3 N–H and O–H groups in total. The Balaban J connectivity index is 0.00000261. The zero-order valence-corrected chi connectivity index (χ0v) is 15.7. The number of hydrogen-bond donors (Lipinski definition) is 3. The molecule has 3 rings (SSSR count). The molecule has 1 aliphatic rings. The average molecular weight is 392 g/mol. The maximum Gasteiger partial charge on any atom is 0.255 e. The van der Waals surface area contributed by atoms with Crippen LogP contribution in [0.3, 0.4) is 0 Å². The molecule has 144 valence electrons. The normalized spacial score (nSPS) is 12.8. The maximum absolute atomic E-state index is 12.9. The van der Waals surface area contributed by atoms with E-state index in [0.717, 1.165) is 18.0 Å². The molecule has 0 atom stereocenters. The van der Waals surface area contributed by atoms with Gasteiger partial charge in [-0.2, -0.15) is 0 Å². The average Bonchev–Trinajstić information content (AvgIpc) is 3.46. The lowest BCUT2D eigenvalue weighted by molar-refractivity contribution is -0.120. The van der Waals surface area contributed by atoms with Gasteiger partial charge in [0.1, 0.15) is 5.82 Å². The minimum atomic E-state index is -0.379. The van der Waals surface area contributed by atoms with Crippen molar-refractivity contribution in [2.24, 2.45) is 5.92 Å². The Morgan fingerprint density at radius 1 is 1.00 bits per heavy atom. The van der Waals surface area contributed by atoms with E-state index in [1.54, 1.807) is 12.1 Å². The molecule has 2 aromatic rings. The first kappa shape index (κ1) is 20.9.